The predicted octanol–water partition coefficient (Wildman–Crippen LogP) is 0.528. The first-order valence-corrected chi connectivity index (χ1v) is 6.22. The summed E-state index contributed by atoms with van der Waals surface area (Å²) in [7, 11) is -3.66. The number of nitrogens with two attached hydrogens (primary N) is 1. The van der Waals surface area contributed by atoms with E-state index in [1.165, 1.54) is 18.2 Å². The zero-order chi connectivity index (χ0) is 12.3. The van der Waals surface area contributed by atoms with E-state index in [0.29, 0.717) is 0 Å². The van der Waals surface area contributed by atoms with E-state index < -0.39 is 15.8 Å². The molecule has 0 aliphatic rings. The number of benzene rings is 1. The third-order valence-corrected chi connectivity index (χ3v) is 2.96. The van der Waals surface area contributed by atoms with Crippen LogP contribution in [0.3, 0.4) is 0 Å². The van der Waals surface area contributed by atoms with Crippen molar-refractivity contribution in [3.8, 4) is 0 Å². The molecule has 1 aromatic carbocycles. The maximum Gasteiger partial charge on any atom is 0.232 e. The molecule has 1 rings (SSSR count). The minimum atomic E-state index is -3.66. The van der Waals surface area contributed by atoms with E-state index in [9.17, 15) is 12.8 Å². The Balaban J connectivity index is 3.22. The largest absolute Gasteiger partial charge is 0.386 e. The Morgan fingerprint density at radius 3 is 2.50 bits per heavy atom. The standard InChI is InChI=1S/C9H12FN3O2S/c1-16(14,15)13(6-9(11)12)8-5-3-2-4-7(8)10/h2-5H,6H2,1H3,(H3,11,12). The Morgan fingerprint density at radius 1 is 1.50 bits per heavy atom. The SMILES string of the molecule is CS(=O)(=O)N(CC(=N)N)c1ccccc1F. The van der Waals surface area contributed by atoms with Crippen molar-refractivity contribution in [3.63, 3.8) is 0 Å². The molecule has 0 fully saturated rings. The Hall–Kier alpha value is -1.63. The predicted molar refractivity (Wildman–Crippen MR) is 60.5 cm³/mol. The van der Waals surface area contributed by atoms with Crippen LogP contribution in [0.15, 0.2) is 24.3 Å². The highest BCUT2D eigenvalue weighted by Crippen LogP contribution is 2.20. The number of halogens is 1. The summed E-state index contributed by atoms with van der Waals surface area (Å²) in [6.07, 6.45) is 0.933. The summed E-state index contributed by atoms with van der Waals surface area (Å²) >= 11 is 0. The van der Waals surface area contributed by atoms with Gasteiger partial charge in [0.1, 0.15) is 11.7 Å². The fourth-order valence-corrected chi connectivity index (χ4v) is 2.07. The zero-order valence-electron chi connectivity index (χ0n) is 8.64. The summed E-state index contributed by atoms with van der Waals surface area (Å²) in [4.78, 5) is 0. The van der Waals surface area contributed by atoms with Crippen molar-refractivity contribution in [2.45, 2.75) is 0 Å². The van der Waals surface area contributed by atoms with Crippen LogP contribution in [0.5, 0.6) is 0 Å². The Bertz CT molecular complexity index is 501. The lowest BCUT2D eigenvalue weighted by molar-refractivity contribution is 0.593. The molecule has 1 aromatic rings. The van der Waals surface area contributed by atoms with Gasteiger partial charge in [0.2, 0.25) is 10.0 Å². The molecule has 88 valence electrons. The molecule has 0 bridgehead atoms. The van der Waals surface area contributed by atoms with Crippen molar-refractivity contribution in [1.82, 2.24) is 0 Å². The quantitative estimate of drug-likeness (QED) is 0.599. The molecule has 0 aliphatic carbocycles. The highest BCUT2D eigenvalue weighted by molar-refractivity contribution is 7.92. The van der Waals surface area contributed by atoms with E-state index in [1.807, 2.05) is 0 Å². The number of rotatable bonds is 4. The average Bonchev–Trinajstić information content (AvgIpc) is 2.13. The van der Waals surface area contributed by atoms with Gasteiger partial charge < -0.3 is 5.73 Å². The fraction of sp³-hybridized carbons (Fsp3) is 0.222. The van der Waals surface area contributed by atoms with Gasteiger partial charge in [0, 0.05) is 0 Å². The number of para-hydroxylation sites is 1. The molecule has 5 nitrogen and oxygen atoms in total. The van der Waals surface area contributed by atoms with Crippen LogP contribution in [-0.4, -0.2) is 27.1 Å². The summed E-state index contributed by atoms with van der Waals surface area (Å²) in [5.41, 5.74) is 5.02. The maximum atomic E-state index is 13.4. The molecule has 0 saturated heterocycles. The van der Waals surface area contributed by atoms with Crippen molar-refractivity contribution in [3.05, 3.63) is 30.1 Å². The highest BCUT2D eigenvalue weighted by atomic mass is 32.2. The average molecular weight is 245 g/mol. The zero-order valence-corrected chi connectivity index (χ0v) is 9.46. The smallest absolute Gasteiger partial charge is 0.232 e. The van der Waals surface area contributed by atoms with Gasteiger partial charge in [-0.15, -0.1) is 0 Å². The second-order valence-corrected chi connectivity index (χ2v) is 5.15. The van der Waals surface area contributed by atoms with Crippen molar-refractivity contribution in [1.29, 1.82) is 5.41 Å². The normalized spacial score (nSPS) is 11.1. The highest BCUT2D eigenvalue weighted by Gasteiger charge is 2.20. The summed E-state index contributed by atoms with van der Waals surface area (Å²) in [6.45, 7) is -0.361. The molecule has 7 heteroatoms. The lowest BCUT2D eigenvalue weighted by Crippen LogP contribution is -2.38. The Kier molecular flexibility index (Phi) is 3.48. The molecule has 0 unspecified atom stereocenters. The molecule has 3 N–H and O–H groups in total. The lowest BCUT2D eigenvalue weighted by atomic mass is 10.3. The van der Waals surface area contributed by atoms with Crippen LogP contribution < -0.4 is 10.0 Å². The molecule has 0 saturated carbocycles. The van der Waals surface area contributed by atoms with Crippen LogP contribution in [0.4, 0.5) is 10.1 Å². The van der Waals surface area contributed by atoms with E-state index in [-0.39, 0.29) is 18.1 Å². The summed E-state index contributed by atoms with van der Waals surface area (Å²) in [6, 6.07) is 5.43. The van der Waals surface area contributed by atoms with Crippen LogP contribution in [-0.2, 0) is 10.0 Å². The van der Waals surface area contributed by atoms with E-state index >= 15 is 0 Å². The summed E-state index contributed by atoms with van der Waals surface area (Å²) < 4.78 is 37.0. The van der Waals surface area contributed by atoms with Crippen molar-refractivity contribution in [2.24, 2.45) is 5.73 Å². The molecule has 0 heterocycles. The van der Waals surface area contributed by atoms with Crippen LogP contribution in [0.1, 0.15) is 0 Å². The monoisotopic (exact) mass is 245 g/mol. The Morgan fingerprint density at radius 2 is 2.06 bits per heavy atom. The second kappa shape index (κ2) is 4.48. The van der Waals surface area contributed by atoms with Gasteiger partial charge in [-0.25, -0.2) is 12.8 Å². The van der Waals surface area contributed by atoms with Gasteiger partial charge in [-0.2, -0.15) is 0 Å². The van der Waals surface area contributed by atoms with E-state index in [2.05, 4.69) is 0 Å². The van der Waals surface area contributed by atoms with Crippen molar-refractivity contribution in [2.75, 3.05) is 17.1 Å². The van der Waals surface area contributed by atoms with Crippen LogP contribution in [0.2, 0.25) is 0 Å². The van der Waals surface area contributed by atoms with Crippen LogP contribution >= 0.6 is 0 Å². The lowest BCUT2D eigenvalue weighted by Gasteiger charge is -2.21. The molecule has 0 aliphatic heterocycles. The van der Waals surface area contributed by atoms with Gasteiger partial charge in [-0.05, 0) is 12.1 Å². The molecule has 0 spiro atoms. The van der Waals surface area contributed by atoms with Gasteiger partial charge in [0.15, 0.2) is 0 Å². The van der Waals surface area contributed by atoms with Gasteiger partial charge in [0.25, 0.3) is 0 Å². The third kappa shape index (κ3) is 2.93. The molecular formula is C9H12FN3O2S. The van der Waals surface area contributed by atoms with Gasteiger partial charge in [0.05, 0.1) is 18.5 Å². The number of nitrogens with zero attached hydrogens (tertiary/aromatic N) is 1. The molecule has 0 aromatic heterocycles. The summed E-state index contributed by atoms with van der Waals surface area (Å²) in [5.74, 6) is -1.03. The van der Waals surface area contributed by atoms with Gasteiger partial charge >= 0.3 is 0 Å². The van der Waals surface area contributed by atoms with Crippen LogP contribution in [0, 0.1) is 11.2 Å². The molecular weight excluding hydrogens is 233 g/mol. The molecule has 0 atom stereocenters. The summed E-state index contributed by atoms with van der Waals surface area (Å²) in [5, 5.41) is 7.07. The van der Waals surface area contributed by atoms with E-state index in [4.69, 9.17) is 11.1 Å². The number of amidine groups is 1. The van der Waals surface area contributed by atoms with E-state index in [1.54, 1.807) is 0 Å². The minimum absolute atomic E-state index is 0.111. The number of hydrogen-bond acceptors (Lipinski definition) is 3. The topological polar surface area (TPSA) is 87.2 Å². The minimum Gasteiger partial charge on any atom is -0.386 e. The Labute approximate surface area is 93.2 Å². The van der Waals surface area contributed by atoms with E-state index in [0.717, 1.165) is 16.6 Å². The van der Waals surface area contributed by atoms with Crippen LogP contribution in [0.25, 0.3) is 0 Å². The first-order valence-electron chi connectivity index (χ1n) is 4.37. The number of sulfonamides is 1. The molecule has 0 amide bonds. The van der Waals surface area contributed by atoms with Gasteiger partial charge in [-0.1, -0.05) is 12.1 Å². The first kappa shape index (κ1) is 12.4. The molecule has 0 radical (unpaired) electrons. The third-order valence-electron chi connectivity index (χ3n) is 1.84. The number of hydrogen-bond donors (Lipinski definition) is 2. The van der Waals surface area contributed by atoms with Crippen molar-refractivity contribution >= 4 is 21.5 Å². The first-order chi connectivity index (χ1) is 7.32. The van der Waals surface area contributed by atoms with Gasteiger partial charge in [-0.3, -0.25) is 9.71 Å². The second-order valence-electron chi connectivity index (χ2n) is 3.25. The number of nitrogens with one attached hydrogen (secondary N) is 1. The number of anilines is 1. The van der Waals surface area contributed by atoms with Crippen molar-refractivity contribution < 1.29 is 12.8 Å². The fourth-order valence-electron chi connectivity index (χ4n) is 1.19. The molecule has 16 heavy (non-hydrogen) atoms. The maximum absolute atomic E-state index is 13.4.